The van der Waals surface area contributed by atoms with E-state index in [9.17, 15) is 13.6 Å². The number of fused-ring (bicyclic) bond motifs is 1. The summed E-state index contributed by atoms with van der Waals surface area (Å²) in [6.07, 6.45) is 3.94. The zero-order chi connectivity index (χ0) is 20.1. The van der Waals surface area contributed by atoms with Crippen LogP contribution < -0.4 is 4.90 Å². The number of thiazole rings is 1. The molecule has 0 aliphatic heterocycles. The van der Waals surface area contributed by atoms with Crippen molar-refractivity contribution in [3.8, 4) is 0 Å². The maximum atomic E-state index is 14.0. The highest BCUT2D eigenvalue weighted by Gasteiger charge is 2.19. The molecule has 1 heterocycles. The molecule has 0 saturated heterocycles. The van der Waals surface area contributed by atoms with Gasteiger partial charge in [0.2, 0.25) is 0 Å². The summed E-state index contributed by atoms with van der Waals surface area (Å²) in [5, 5.41) is 0.362. The van der Waals surface area contributed by atoms with Gasteiger partial charge in [-0.15, -0.1) is 0 Å². The van der Waals surface area contributed by atoms with Crippen molar-refractivity contribution in [2.45, 2.75) is 6.42 Å². The van der Waals surface area contributed by atoms with E-state index in [-0.39, 0.29) is 11.4 Å². The van der Waals surface area contributed by atoms with E-state index in [2.05, 4.69) is 4.98 Å². The standard InChI is InChI=1S/C21H21F2N3OS/c1-25(2)11-6-12-26(19(27)10-9-15-7-4-3-5-8-15)21-24-20-17(23)13-16(22)14-18(20)28-21/h3-5,7-10,13-14H,6,11-12H2,1-2H3. The number of hydrogen-bond donors (Lipinski definition) is 0. The molecule has 1 amide bonds. The Morgan fingerprint density at radius 2 is 1.89 bits per heavy atom. The molecule has 0 fully saturated rings. The van der Waals surface area contributed by atoms with Gasteiger partial charge < -0.3 is 4.90 Å². The van der Waals surface area contributed by atoms with Crippen molar-refractivity contribution in [2.24, 2.45) is 0 Å². The summed E-state index contributed by atoms with van der Waals surface area (Å²) < 4.78 is 27.9. The first-order valence-corrected chi connectivity index (χ1v) is 9.70. The molecule has 146 valence electrons. The molecule has 0 aliphatic rings. The predicted molar refractivity (Wildman–Crippen MR) is 111 cm³/mol. The summed E-state index contributed by atoms with van der Waals surface area (Å²) >= 11 is 1.11. The average Bonchev–Trinajstić information content (AvgIpc) is 3.08. The van der Waals surface area contributed by atoms with Crippen molar-refractivity contribution in [2.75, 3.05) is 32.1 Å². The Hall–Kier alpha value is -2.64. The van der Waals surface area contributed by atoms with Gasteiger partial charge in [-0.05, 0) is 44.8 Å². The molecule has 2 aromatic carbocycles. The fraction of sp³-hybridized carbons (Fsp3) is 0.238. The van der Waals surface area contributed by atoms with E-state index >= 15 is 0 Å². The SMILES string of the molecule is CN(C)CCCN(C(=O)C=Cc1ccccc1)c1nc2c(F)cc(F)cc2s1. The highest BCUT2D eigenvalue weighted by atomic mass is 32.1. The number of carbonyl (C=O) groups excluding carboxylic acids is 1. The van der Waals surface area contributed by atoms with Crippen molar-refractivity contribution >= 4 is 38.7 Å². The minimum Gasteiger partial charge on any atom is -0.309 e. The molecule has 28 heavy (non-hydrogen) atoms. The number of nitrogens with zero attached hydrogens (tertiary/aromatic N) is 3. The van der Waals surface area contributed by atoms with Gasteiger partial charge in [0.15, 0.2) is 10.9 Å². The first kappa shape index (κ1) is 20.1. The maximum Gasteiger partial charge on any atom is 0.252 e. The number of amides is 1. The number of benzene rings is 2. The van der Waals surface area contributed by atoms with Crippen LogP contribution in [-0.4, -0.2) is 43.0 Å². The van der Waals surface area contributed by atoms with Crippen LogP contribution in [0.15, 0.2) is 48.5 Å². The zero-order valence-electron chi connectivity index (χ0n) is 15.7. The van der Waals surface area contributed by atoms with E-state index in [1.54, 1.807) is 6.08 Å². The minimum atomic E-state index is -0.724. The normalized spacial score (nSPS) is 11.6. The third-order valence-electron chi connectivity index (χ3n) is 4.10. The molecule has 4 nitrogen and oxygen atoms in total. The molecule has 0 spiro atoms. The molecule has 0 atom stereocenters. The van der Waals surface area contributed by atoms with Gasteiger partial charge in [0, 0.05) is 18.7 Å². The van der Waals surface area contributed by atoms with Crippen LogP contribution in [0.3, 0.4) is 0 Å². The third-order valence-corrected chi connectivity index (χ3v) is 5.13. The molecular weight excluding hydrogens is 380 g/mol. The van der Waals surface area contributed by atoms with Crippen LogP contribution in [0.1, 0.15) is 12.0 Å². The van der Waals surface area contributed by atoms with Crippen LogP contribution in [0, 0.1) is 11.6 Å². The summed E-state index contributed by atoms with van der Waals surface area (Å²) in [5.41, 5.74) is 0.986. The number of anilines is 1. The first-order chi connectivity index (χ1) is 13.4. The van der Waals surface area contributed by atoms with E-state index in [0.717, 1.165) is 35.9 Å². The van der Waals surface area contributed by atoms with Gasteiger partial charge in [-0.3, -0.25) is 9.69 Å². The number of carbonyl (C=O) groups is 1. The Morgan fingerprint density at radius 1 is 1.14 bits per heavy atom. The molecule has 3 rings (SSSR count). The Bertz CT molecular complexity index is 986. The quantitative estimate of drug-likeness (QED) is 0.544. The average molecular weight is 401 g/mol. The lowest BCUT2D eigenvalue weighted by Gasteiger charge is -2.19. The summed E-state index contributed by atoms with van der Waals surface area (Å²) in [5.74, 6) is -1.63. The van der Waals surface area contributed by atoms with Crippen LogP contribution in [0.4, 0.5) is 13.9 Å². The summed E-state index contributed by atoms with van der Waals surface area (Å²) in [6.45, 7) is 1.22. The second-order valence-electron chi connectivity index (χ2n) is 6.62. The van der Waals surface area contributed by atoms with Gasteiger partial charge in [-0.25, -0.2) is 13.8 Å². The Balaban J connectivity index is 1.89. The van der Waals surface area contributed by atoms with Crippen molar-refractivity contribution in [3.63, 3.8) is 0 Å². The number of halogens is 2. The Labute approximate surface area is 166 Å². The van der Waals surface area contributed by atoms with Crippen LogP contribution in [-0.2, 0) is 4.79 Å². The van der Waals surface area contributed by atoms with Gasteiger partial charge >= 0.3 is 0 Å². The highest BCUT2D eigenvalue weighted by molar-refractivity contribution is 7.22. The molecule has 0 unspecified atom stereocenters. The smallest absolute Gasteiger partial charge is 0.252 e. The highest BCUT2D eigenvalue weighted by Crippen LogP contribution is 2.31. The zero-order valence-corrected chi connectivity index (χ0v) is 16.5. The monoisotopic (exact) mass is 401 g/mol. The maximum absolute atomic E-state index is 14.0. The second-order valence-corrected chi connectivity index (χ2v) is 7.63. The van der Waals surface area contributed by atoms with Crippen LogP contribution in [0.2, 0.25) is 0 Å². The van der Waals surface area contributed by atoms with Crippen LogP contribution in [0.25, 0.3) is 16.3 Å². The van der Waals surface area contributed by atoms with Crippen LogP contribution in [0.5, 0.6) is 0 Å². The molecule has 0 radical (unpaired) electrons. The van der Waals surface area contributed by atoms with Gasteiger partial charge in [0.25, 0.3) is 5.91 Å². The number of aromatic nitrogens is 1. The molecule has 0 N–H and O–H groups in total. The lowest BCUT2D eigenvalue weighted by atomic mass is 10.2. The fourth-order valence-corrected chi connectivity index (χ4v) is 3.76. The van der Waals surface area contributed by atoms with Gasteiger partial charge in [0.1, 0.15) is 11.3 Å². The molecule has 0 aliphatic carbocycles. The molecule has 7 heteroatoms. The van der Waals surface area contributed by atoms with E-state index in [1.807, 2.05) is 49.3 Å². The van der Waals surface area contributed by atoms with E-state index in [0.29, 0.717) is 16.4 Å². The Kier molecular flexibility index (Phi) is 6.49. The summed E-state index contributed by atoms with van der Waals surface area (Å²) in [7, 11) is 3.91. The van der Waals surface area contributed by atoms with Crippen molar-refractivity contribution < 1.29 is 13.6 Å². The van der Waals surface area contributed by atoms with Crippen molar-refractivity contribution in [1.82, 2.24) is 9.88 Å². The van der Waals surface area contributed by atoms with E-state index in [4.69, 9.17) is 0 Å². The van der Waals surface area contributed by atoms with E-state index < -0.39 is 11.6 Å². The Morgan fingerprint density at radius 3 is 2.61 bits per heavy atom. The van der Waals surface area contributed by atoms with Gasteiger partial charge in [-0.1, -0.05) is 41.7 Å². The molecule has 0 bridgehead atoms. The van der Waals surface area contributed by atoms with Gasteiger partial charge in [-0.2, -0.15) is 0 Å². The predicted octanol–water partition coefficient (Wildman–Crippen LogP) is 4.57. The lowest BCUT2D eigenvalue weighted by molar-refractivity contribution is -0.114. The van der Waals surface area contributed by atoms with Gasteiger partial charge in [0.05, 0.1) is 4.70 Å². The van der Waals surface area contributed by atoms with Crippen molar-refractivity contribution in [1.29, 1.82) is 0 Å². The third kappa shape index (κ3) is 4.99. The fourth-order valence-electron chi connectivity index (χ4n) is 2.73. The van der Waals surface area contributed by atoms with Crippen LogP contribution >= 0.6 is 11.3 Å². The molecular formula is C21H21F2N3OS. The summed E-state index contributed by atoms with van der Waals surface area (Å²) in [4.78, 5) is 20.7. The van der Waals surface area contributed by atoms with E-state index in [1.165, 1.54) is 17.0 Å². The summed E-state index contributed by atoms with van der Waals surface area (Å²) in [6, 6.07) is 11.5. The molecule has 0 saturated carbocycles. The topological polar surface area (TPSA) is 36.4 Å². The minimum absolute atomic E-state index is 0.0823. The second kappa shape index (κ2) is 9.03. The first-order valence-electron chi connectivity index (χ1n) is 8.89. The largest absolute Gasteiger partial charge is 0.309 e. The lowest BCUT2D eigenvalue weighted by Crippen LogP contribution is -2.32. The number of rotatable bonds is 7. The molecule has 3 aromatic rings. The molecule has 1 aromatic heterocycles. The van der Waals surface area contributed by atoms with Crippen molar-refractivity contribution in [3.05, 3.63) is 65.7 Å². The number of hydrogen-bond acceptors (Lipinski definition) is 4.